The van der Waals surface area contributed by atoms with Crippen LogP contribution in [0.1, 0.15) is 62.2 Å². The fourth-order valence-corrected chi connectivity index (χ4v) is 2.22. The average molecular weight is 285 g/mol. The predicted molar refractivity (Wildman–Crippen MR) is 85.8 cm³/mol. The van der Waals surface area contributed by atoms with E-state index in [0.717, 1.165) is 11.3 Å². The monoisotopic (exact) mass is 285 g/mol. The molecule has 0 fully saturated rings. The third kappa shape index (κ3) is 3.51. The Hall–Kier alpha value is -2.10. The van der Waals surface area contributed by atoms with Crippen molar-refractivity contribution in [2.75, 3.05) is 5.32 Å². The molecule has 0 saturated heterocycles. The Morgan fingerprint density at radius 1 is 1.24 bits per heavy atom. The Morgan fingerprint density at radius 2 is 1.90 bits per heavy atom. The normalized spacial score (nSPS) is 11.7. The first-order valence-corrected chi connectivity index (χ1v) is 7.25. The van der Waals surface area contributed by atoms with E-state index >= 15 is 0 Å². The summed E-state index contributed by atoms with van der Waals surface area (Å²) in [6, 6.07) is 9.57. The van der Waals surface area contributed by atoms with E-state index in [-0.39, 0.29) is 11.3 Å². The highest BCUT2D eigenvalue weighted by Crippen LogP contribution is 2.26. The number of nitrogens with zero attached hydrogens (tertiary/aromatic N) is 1. The topological polar surface area (TPSA) is 57.8 Å². The largest absolute Gasteiger partial charge is 0.305 e. The van der Waals surface area contributed by atoms with Gasteiger partial charge in [-0.15, -0.1) is 0 Å². The number of carbonyl (C=O) groups is 1. The van der Waals surface area contributed by atoms with E-state index in [1.54, 1.807) is 0 Å². The maximum absolute atomic E-state index is 12.5. The highest BCUT2D eigenvalue weighted by Gasteiger charge is 2.21. The van der Waals surface area contributed by atoms with E-state index < -0.39 is 0 Å². The molecule has 0 radical (unpaired) electrons. The molecule has 4 nitrogen and oxygen atoms in total. The molecule has 0 saturated carbocycles. The van der Waals surface area contributed by atoms with E-state index in [9.17, 15) is 4.79 Å². The molecule has 0 aliphatic heterocycles. The summed E-state index contributed by atoms with van der Waals surface area (Å²) in [4.78, 5) is 12.5. The maximum Gasteiger partial charge on any atom is 0.257 e. The third-order valence-electron chi connectivity index (χ3n) is 3.44. The summed E-state index contributed by atoms with van der Waals surface area (Å²) in [5.41, 5.74) is 2.65. The molecule has 0 bridgehead atoms. The van der Waals surface area contributed by atoms with Gasteiger partial charge in [-0.3, -0.25) is 9.89 Å². The summed E-state index contributed by atoms with van der Waals surface area (Å²) < 4.78 is 0. The van der Waals surface area contributed by atoms with Gasteiger partial charge in [-0.25, -0.2) is 0 Å². The van der Waals surface area contributed by atoms with Crippen molar-refractivity contribution < 1.29 is 4.79 Å². The number of carbonyl (C=O) groups excluding carboxylic acids is 1. The second-order valence-electron chi connectivity index (χ2n) is 6.61. The second kappa shape index (κ2) is 5.72. The van der Waals surface area contributed by atoms with Crippen LogP contribution < -0.4 is 5.32 Å². The van der Waals surface area contributed by atoms with Gasteiger partial charge in [0.25, 0.3) is 5.91 Å². The minimum Gasteiger partial charge on any atom is -0.305 e. The highest BCUT2D eigenvalue weighted by atomic mass is 16.1. The Bertz CT molecular complexity index is 635. The van der Waals surface area contributed by atoms with Crippen LogP contribution in [0.2, 0.25) is 0 Å². The average Bonchev–Trinajstić information content (AvgIpc) is 2.86. The zero-order chi connectivity index (χ0) is 15.6. The lowest BCUT2D eigenvalue weighted by atomic mass is 9.83. The first kappa shape index (κ1) is 15.3. The smallest absolute Gasteiger partial charge is 0.257 e. The third-order valence-corrected chi connectivity index (χ3v) is 3.44. The van der Waals surface area contributed by atoms with Crippen molar-refractivity contribution in [1.29, 1.82) is 0 Å². The number of anilines is 1. The van der Waals surface area contributed by atoms with Gasteiger partial charge in [-0.05, 0) is 23.0 Å². The lowest BCUT2D eigenvalue weighted by Crippen LogP contribution is -2.21. The number of H-pyrrole nitrogens is 1. The molecule has 0 unspecified atom stereocenters. The molecule has 4 heteroatoms. The molecule has 1 aromatic heterocycles. The fourth-order valence-electron chi connectivity index (χ4n) is 2.22. The quantitative estimate of drug-likeness (QED) is 0.892. The number of benzene rings is 1. The Balaban J connectivity index is 2.24. The molecule has 21 heavy (non-hydrogen) atoms. The van der Waals surface area contributed by atoms with Gasteiger partial charge in [0.15, 0.2) is 5.82 Å². The van der Waals surface area contributed by atoms with Crippen LogP contribution >= 0.6 is 0 Å². The summed E-state index contributed by atoms with van der Waals surface area (Å²) in [5, 5.41) is 9.94. The van der Waals surface area contributed by atoms with Crippen LogP contribution in [0.3, 0.4) is 0 Å². The van der Waals surface area contributed by atoms with Crippen molar-refractivity contribution in [3.05, 3.63) is 47.2 Å². The molecule has 2 rings (SSSR count). The highest BCUT2D eigenvalue weighted by molar-refractivity contribution is 6.05. The van der Waals surface area contributed by atoms with Crippen LogP contribution in [0.5, 0.6) is 0 Å². The molecular weight excluding hydrogens is 262 g/mol. The van der Waals surface area contributed by atoms with E-state index in [1.807, 2.05) is 30.3 Å². The zero-order valence-electron chi connectivity index (χ0n) is 13.3. The Kier molecular flexibility index (Phi) is 4.16. The van der Waals surface area contributed by atoms with Crippen LogP contribution in [0.4, 0.5) is 5.82 Å². The summed E-state index contributed by atoms with van der Waals surface area (Å²) >= 11 is 0. The number of hydrogen-bond donors (Lipinski definition) is 2. The van der Waals surface area contributed by atoms with Crippen LogP contribution in [0.25, 0.3) is 0 Å². The molecular formula is C17H23N3O. The number of aromatic nitrogens is 2. The second-order valence-corrected chi connectivity index (χ2v) is 6.61. The molecule has 0 spiro atoms. The first-order chi connectivity index (χ1) is 9.79. The zero-order valence-corrected chi connectivity index (χ0v) is 13.3. The Labute approximate surface area is 126 Å². The van der Waals surface area contributed by atoms with Gasteiger partial charge in [-0.2, -0.15) is 5.10 Å². The number of nitrogens with one attached hydrogen (secondary N) is 2. The van der Waals surface area contributed by atoms with Gasteiger partial charge >= 0.3 is 0 Å². The van der Waals surface area contributed by atoms with Crippen LogP contribution in [0, 0.1) is 0 Å². The number of hydrogen-bond acceptors (Lipinski definition) is 2. The standard InChI is InChI=1S/C17H23N3O/c1-11(2)14-10-15(20-19-14)18-16(21)12-8-6-7-9-13(12)17(3,4)5/h6-11H,1-5H3,(H2,18,19,20,21). The maximum atomic E-state index is 12.5. The Morgan fingerprint density at radius 3 is 2.48 bits per heavy atom. The molecule has 1 heterocycles. The molecule has 2 aromatic rings. The lowest BCUT2D eigenvalue weighted by Gasteiger charge is -2.22. The van der Waals surface area contributed by atoms with Crippen LogP contribution in [-0.4, -0.2) is 16.1 Å². The van der Waals surface area contributed by atoms with Crippen LogP contribution in [-0.2, 0) is 5.41 Å². The van der Waals surface area contributed by atoms with Crippen LogP contribution in [0.15, 0.2) is 30.3 Å². The van der Waals surface area contributed by atoms with Gasteiger partial charge in [0.1, 0.15) is 0 Å². The van der Waals surface area contributed by atoms with E-state index in [1.165, 1.54) is 0 Å². The van der Waals surface area contributed by atoms with Crippen molar-refractivity contribution in [2.24, 2.45) is 0 Å². The molecule has 0 atom stereocenters. The minimum absolute atomic E-state index is 0.0808. The summed E-state index contributed by atoms with van der Waals surface area (Å²) in [6.45, 7) is 10.5. The SMILES string of the molecule is CC(C)c1cc(NC(=O)c2ccccc2C(C)(C)C)n[nH]1. The molecule has 112 valence electrons. The molecule has 2 N–H and O–H groups in total. The van der Waals surface area contributed by atoms with Gasteiger partial charge in [0.2, 0.25) is 0 Å². The van der Waals surface area contributed by atoms with E-state index in [2.05, 4.69) is 50.1 Å². The van der Waals surface area contributed by atoms with Gasteiger partial charge in [-0.1, -0.05) is 52.8 Å². The number of aromatic amines is 1. The summed E-state index contributed by atoms with van der Waals surface area (Å²) in [7, 11) is 0. The first-order valence-electron chi connectivity index (χ1n) is 7.25. The van der Waals surface area contributed by atoms with Gasteiger partial charge in [0, 0.05) is 17.3 Å². The van der Waals surface area contributed by atoms with Crippen molar-refractivity contribution in [1.82, 2.24) is 10.2 Å². The molecule has 1 amide bonds. The van der Waals surface area contributed by atoms with Crippen molar-refractivity contribution in [3.8, 4) is 0 Å². The summed E-state index contributed by atoms with van der Waals surface area (Å²) in [6.07, 6.45) is 0. The van der Waals surface area contributed by atoms with Gasteiger partial charge in [0.05, 0.1) is 0 Å². The predicted octanol–water partition coefficient (Wildman–Crippen LogP) is 4.08. The van der Waals surface area contributed by atoms with Crippen molar-refractivity contribution in [2.45, 2.75) is 46.0 Å². The lowest BCUT2D eigenvalue weighted by molar-refractivity contribution is 0.102. The molecule has 0 aliphatic carbocycles. The fraction of sp³-hybridized carbons (Fsp3) is 0.412. The number of amides is 1. The van der Waals surface area contributed by atoms with Crippen molar-refractivity contribution in [3.63, 3.8) is 0 Å². The molecule has 1 aromatic carbocycles. The van der Waals surface area contributed by atoms with Gasteiger partial charge < -0.3 is 5.32 Å². The number of rotatable bonds is 3. The van der Waals surface area contributed by atoms with E-state index in [4.69, 9.17) is 0 Å². The van der Waals surface area contributed by atoms with Crippen molar-refractivity contribution >= 4 is 11.7 Å². The summed E-state index contributed by atoms with van der Waals surface area (Å²) in [5.74, 6) is 0.791. The minimum atomic E-state index is -0.123. The molecule has 0 aliphatic rings. The van der Waals surface area contributed by atoms with E-state index in [0.29, 0.717) is 17.3 Å².